The third-order valence-corrected chi connectivity index (χ3v) is 5.93. The van der Waals surface area contributed by atoms with Crippen LogP contribution in [0.25, 0.3) is 10.2 Å². The van der Waals surface area contributed by atoms with Gasteiger partial charge in [-0.15, -0.1) is 11.8 Å². The fourth-order valence-corrected chi connectivity index (χ4v) is 4.39. The second-order valence-electron chi connectivity index (χ2n) is 5.96. The summed E-state index contributed by atoms with van der Waals surface area (Å²) >= 11 is 3.13. The number of amides is 1. The molecule has 1 amide bonds. The third kappa shape index (κ3) is 4.05. The quantitative estimate of drug-likeness (QED) is 0.391. The predicted molar refractivity (Wildman–Crippen MR) is 113 cm³/mol. The summed E-state index contributed by atoms with van der Waals surface area (Å²) in [7, 11) is 0. The molecule has 0 N–H and O–H groups in total. The highest BCUT2D eigenvalue weighted by Gasteiger charge is 2.22. The lowest BCUT2D eigenvalue weighted by atomic mass is 10.3. The van der Waals surface area contributed by atoms with E-state index in [2.05, 4.69) is 0 Å². The van der Waals surface area contributed by atoms with Crippen molar-refractivity contribution in [3.8, 4) is 5.75 Å². The van der Waals surface area contributed by atoms with Gasteiger partial charge in [0.2, 0.25) is 0 Å². The standard InChI is InChI=1S/C21H18N2O3S2/c1-27-17-10-5-11-18-20(17)22-21(28-18)23(13-16-9-6-12-25-16)19(24)14-26-15-7-3-2-4-8-15/h2-12H,13-14H2,1H3. The van der Waals surface area contributed by atoms with Crippen LogP contribution in [0, 0.1) is 0 Å². The second-order valence-corrected chi connectivity index (χ2v) is 7.82. The van der Waals surface area contributed by atoms with Crippen LogP contribution in [0.1, 0.15) is 5.76 Å². The molecule has 0 aliphatic heterocycles. The van der Waals surface area contributed by atoms with Gasteiger partial charge in [0.1, 0.15) is 11.5 Å². The lowest BCUT2D eigenvalue weighted by Crippen LogP contribution is -2.34. The molecule has 142 valence electrons. The summed E-state index contributed by atoms with van der Waals surface area (Å²) in [5.41, 5.74) is 0.913. The molecule has 0 saturated heterocycles. The smallest absolute Gasteiger partial charge is 0.267 e. The summed E-state index contributed by atoms with van der Waals surface area (Å²) in [6, 6.07) is 19.0. The van der Waals surface area contributed by atoms with E-state index < -0.39 is 0 Å². The number of para-hydroxylation sites is 2. The van der Waals surface area contributed by atoms with E-state index in [0.29, 0.717) is 23.2 Å². The van der Waals surface area contributed by atoms with Crippen molar-refractivity contribution in [2.45, 2.75) is 11.4 Å². The highest BCUT2D eigenvalue weighted by Crippen LogP contribution is 2.34. The number of thiazole rings is 1. The van der Waals surface area contributed by atoms with Gasteiger partial charge in [0, 0.05) is 4.90 Å². The van der Waals surface area contributed by atoms with Gasteiger partial charge < -0.3 is 9.15 Å². The Morgan fingerprint density at radius 2 is 2.00 bits per heavy atom. The molecule has 0 radical (unpaired) electrons. The molecule has 7 heteroatoms. The molecule has 0 fully saturated rings. The molecule has 2 aromatic carbocycles. The molecule has 0 spiro atoms. The van der Waals surface area contributed by atoms with E-state index in [1.54, 1.807) is 22.9 Å². The molecule has 2 aromatic heterocycles. The number of thioether (sulfide) groups is 1. The van der Waals surface area contributed by atoms with Crippen LogP contribution in [0.2, 0.25) is 0 Å². The van der Waals surface area contributed by atoms with E-state index in [1.807, 2.05) is 66.9 Å². The molecule has 0 aliphatic rings. The van der Waals surface area contributed by atoms with Gasteiger partial charge in [-0.2, -0.15) is 0 Å². The minimum Gasteiger partial charge on any atom is -0.484 e. The Hall–Kier alpha value is -2.77. The van der Waals surface area contributed by atoms with Crippen LogP contribution in [0.4, 0.5) is 5.13 Å². The third-order valence-electron chi connectivity index (χ3n) is 4.12. The van der Waals surface area contributed by atoms with Crippen LogP contribution in [-0.4, -0.2) is 23.8 Å². The maximum atomic E-state index is 13.0. The molecule has 0 bridgehead atoms. The molecular weight excluding hydrogens is 392 g/mol. The zero-order valence-electron chi connectivity index (χ0n) is 15.2. The lowest BCUT2D eigenvalue weighted by molar-refractivity contribution is -0.120. The Kier molecular flexibility index (Phi) is 5.64. The van der Waals surface area contributed by atoms with Crippen molar-refractivity contribution >= 4 is 44.4 Å². The molecule has 4 aromatic rings. The monoisotopic (exact) mass is 410 g/mol. The molecule has 0 aliphatic carbocycles. The van der Waals surface area contributed by atoms with Crippen molar-refractivity contribution in [3.63, 3.8) is 0 Å². The number of furan rings is 1. The van der Waals surface area contributed by atoms with Crippen molar-refractivity contribution in [1.29, 1.82) is 0 Å². The Balaban J connectivity index is 1.62. The van der Waals surface area contributed by atoms with Gasteiger partial charge in [0.05, 0.1) is 23.0 Å². The number of anilines is 1. The fraction of sp³-hybridized carbons (Fsp3) is 0.143. The van der Waals surface area contributed by atoms with Gasteiger partial charge >= 0.3 is 0 Å². The molecule has 28 heavy (non-hydrogen) atoms. The number of benzene rings is 2. The van der Waals surface area contributed by atoms with Gasteiger partial charge in [0.25, 0.3) is 5.91 Å². The van der Waals surface area contributed by atoms with Crippen molar-refractivity contribution < 1.29 is 13.9 Å². The van der Waals surface area contributed by atoms with E-state index in [0.717, 1.165) is 15.1 Å². The lowest BCUT2D eigenvalue weighted by Gasteiger charge is -2.19. The van der Waals surface area contributed by atoms with Crippen LogP contribution in [0.5, 0.6) is 5.75 Å². The number of carbonyl (C=O) groups is 1. The summed E-state index contributed by atoms with van der Waals surface area (Å²) < 4.78 is 12.2. The second kappa shape index (κ2) is 8.50. The molecule has 0 atom stereocenters. The SMILES string of the molecule is CSc1cccc2sc(N(Cc3ccco3)C(=O)COc3ccccc3)nc12. The molecule has 0 saturated carbocycles. The summed E-state index contributed by atoms with van der Waals surface area (Å²) in [6.45, 7) is 0.231. The number of hydrogen-bond acceptors (Lipinski definition) is 6. The summed E-state index contributed by atoms with van der Waals surface area (Å²) in [6.07, 6.45) is 3.62. The summed E-state index contributed by atoms with van der Waals surface area (Å²) in [5, 5.41) is 0.634. The molecular formula is C21H18N2O3S2. The first-order valence-electron chi connectivity index (χ1n) is 8.69. The fourth-order valence-electron chi connectivity index (χ4n) is 2.75. The Bertz CT molecular complexity index is 1060. The number of rotatable bonds is 7. The maximum absolute atomic E-state index is 13.0. The van der Waals surface area contributed by atoms with Crippen molar-refractivity contribution in [2.75, 3.05) is 17.8 Å². The first-order chi connectivity index (χ1) is 13.7. The Morgan fingerprint density at radius 3 is 2.75 bits per heavy atom. The number of ether oxygens (including phenoxy) is 1. The zero-order valence-corrected chi connectivity index (χ0v) is 16.8. The number of aromatic nitrogens is 1. The topological polar surface area (TPSA) is 55.6 Å². The average molecular weight is 411 g/mol. The van der Waals surface area contributed by atoms with Gasteiger partial charge in [-0.1, -0.05) is 35.6 Å². The van der Waals surface area contributed by atoms with Crippen LogP contribution in [-0.2, 0) is 11.3 Å². The van der Waals surface area contributed by atoms with Crippen molar-refractivity contribution in [3.05, 3.63) is 72.7 Å². The average Bonchev–Trinajstić information content (AvgIpc) is 3.40. The van der Waals surface area contributed by atoms with E-state index in [4.69, 9.17) is 14.1 Å². The largest absolute Gasteiger partial charge is 0.484 e. The molecule has 5 nitrogen and oxygen atoms in total. The van der Waals surface area contributed by atoms with E-state index >= 15 is 0 Å². The van der Waals surface area contributed by atoms with E-state index in [-0.39, 0.29) is 12.5 Å². The van der Waals surface area contributed by atoms with E-state index in [9.17, 15) is 4.79 Å². The van der Waals surface area contributed by atoms with E-state index in [1.165, 1.54) is 11.3 Å². The van der Waals surface area contributed by atoms with Crippen molar-refractivity contribution in [2.24, 2.45) is 0 Å². The molecule has 4 rings (SSSR count). The highest BCUT2D eigenvalue weighted by atomic mass is 32.2. The normalized spacial score (nSPS) is 10.9. The number of fused-ring (bicyclic) bond motifs is 1. The summed E-state index contributed by atoms with van der Waals surface area (Å²) in [5.74, 6) is 1.17. The maximum Gasteiger partial charge on any atom is 0.267 e. The highest BCUT2D eigenvalue weighted by molar-refractivity contribution is 7.98. The van der Waals surface area contributed by atoms with Crippen molar-refractivity contribution in [1.82, 2.24) is 4.98 Å². The minimum absolute atomic E-state index is 0.0734. The Labute approximate surface area is 170 Å². The van der Waals surface area contributed by atoms with Gasteiger partial charge in [-0.05, 0) is 42.7 Å². The molecule has 2 heterocycles. The van der Waals surface area contributed by atoms with Crippen LogP contribution >= 0.6 is 23.1 Å². The number of carbonyl (C=O) groups excluding carboxylic acids is 1. The molecule has 0 unspecified atom stereocenters. The van der Waals surface area contributed by atoms with Crippen LogP contribution < -0.4 is 9.64 Å². The van der Waals surface area contributed by atoms with Gasteiger partial charge in [-0.3, -0.25) is 9.69 Å². The zero-order chi connectivity index (χ0) is 19.3. The van der Waals surface area contributed by atoms with Crippen LogP contribution in [0.3, 0.4) is 0 Å². The number of hydrogen-bond donors (Lipinski definition) is 0. The summed E-state index contributed by atoms with van der Waals surface area (Å²) in [4.78, 5) is 20.5. The minimum atomic E-state index is -0.176. The Morgan fingerprint density at radius 1 is 1.14 bits per heavy atom. The van der Waals surface area contributed by atoms with Gasteiger partial charge in [-0.25, -0.2) is 4.98 Å². The first-order valence-corrected chi connectivity index (χ1v) is 10.7. The number of nitrogens with zero attached hydrogens (tertiary/aromatic N) is 2. The first kappa shape index (κ1) is 18.6. The van der Waals surface area contributed by atoms with Crippen LogP contribution in [0.15, 0.2) is 76.2 Å². The predicted octanol–water partition coefficient (Wildman–Crippen LogP) is 5.22. The van der Waals surface area contributed by atoms with Gasteiger partial charge in [0.15, 0.2) is 11.7 Å².